The Hall–Kier alpha value is -1.61. The zero-order valence-electron chi connectivity index (χ0n) is 12.8. The lowest BCUT2D eigenvalue weighted by molar-refractivity contribution is 0.150. The van der Waals surface area contributed by atoms with Crippen LogP contribution in [0.25, 0.3) is 0 Å². The zero-order chi connectivity index (χ0) is 14.7. The molecule has 1 aromatic heterocycles. The number of aryl methyl sites for hydroxylation is 2. The number of aliphatic hydroxyl groups is 1. The first-order chi connectivity index (χ1) is 9.45. The quantitative estimate of drug-likeness (QED) is 0.905. The second-order valence-electron chi connectivity index (χ2n) is 5.96. The molecule has 1 unspecified atom stereocenters. The van der Waals surface area contributed by atoms with Crippen molar-refractivity contribution in [3.05, 3.63) is 52.8 Å². The molecule has 1 heterocycles. The minimum absolute atomic E-state index is 0.503. The number of nitrogens with zero attached hydrogens (tertiary/aromatic N) is 2. The van der Waals surface area contributed by atoms with Crippen LogP contribution in [0.1, 0.15) is 42.5 Å². The summed E-state index contributed by atoms with van der Waals surface area (Å²) in [5.41, 5.74) is 4.34. The number of aromatic nitrogens is 2. The van der Waals surface area contributed by atoms with Gasteiger partial charge in [-0.2, -0.15) is 5.10 Å². The summed E-state index contributed by atoms with van der Waals surface area (Å²) < 4.78 is 1.86. The largest absolute Gasteiger partial charge is 0.386 e. The van der Waals surface area contributed by atoms with Crippen molar-refractivity contribution in [2.24, 2.45) is 5.92 Å². The van der Waals surface area contributed by atoms with Gasteiger partial charge in [-0.1, -0.05) is 38.1 Å². The molecule has 0 aliphatic rings. The van der Waals surface area contributed by atoms with Crippen molar-refractivity contribution in [1.29, 1.82) is 0 Å². The van der Waals surface area contributed by atoms with Crippen molar-refractivity contribution in [3.63, 3.8) is 0 Å². The third kappa shape index (κ3) is 3.70. The topological polar surface area (TPSA) is 38.0 Å². The number of benzene rings is 1. The average Bonchev–Trinajstić information content (AvgIpc) is 2.68. The van der Waals surface area contributed by atoms with E-state index in [-0.39, 0.29) is 0 Å². The van der Waals surface area contributed by atoms with E-state index in [1.165, 1.54) is 5.56 Å². The van der Waals surface area contributed by atoms with Crippen LogP contribution in [0.15, 0.2) is 30.3 Å². The molecule has 0 fully saturated rings. The van der Waals surface area contributed by atoms with Gasteiger partial charge in [-0.05, 0) is 43.4 Å². The van der Waals surface area contributed by atoms with E-state index >= 15 is 0 Å². The Bertz CT molecular complexity index is 555. The molecule has 1 aromatic carbocycles. The Morgan fingerprint density at radius 2 is 1.80 bits per heavy atom. The van der Waals surface area contributed by atoms with Crippen LogP contribution in [0.4, 0.5) is 0 Å². The Balaban J connectivity index is 2.05. The lowest BCUT2D eigenvalue weighted by Crippen LogP contribution is -2.11. The van der Waals surface area contributed by atoms with Gasteiger partial charge in [0.2, 0.25) is 0 Å². The van der Waals surface area contributed by atoms with Gasteiger partial charge in [0, 0.05) is 5.69 Å². The Kier molecular flexibility index (Phi) is 4.61. The summed E-state index contributed by atoms with van der Waals surface area (Å²) in [4.78, 5) is 0. The molecule has 1 atom stereocenters. The van der Waals surface area contributed by atoms with E-state index in [0.717, 1.165) is 23.4 Å². The fourth-order valence-electron chi connectivity index (χ4n) is 2.48. The van der Waals surface area contributed by atoms with Crippen molar-refractivity contribution < 1.29 is 5.11 Å². The van der Waals surface area contributed by atoms with Crippen molar-refractivity contribution in [2.75, 3.05) is 0 Å². The minimum atomic E-state index is -0.513. The number of hydrogen-bond acceptors (Lipinski definition) is 2. The lowest BCUT2D eigenvalue weighted by Gasteiger charge is -2.13. The molecule has 0 radical (unpaired) electrons. The van der Waals surface area contributed by atoms with E-state index in [1.807, 2.05) is 36.7 Å². The Labute approximate surface area is 121 Å². The lowest BCUT2D eigenvalue weighted by atomic mass is 10.0. The molecular weight excluding hydrogens is 248 g/mol. The monoisotopic (exact) mass is 272 g/mol. The smallest absolute Gasteiger partial charge is 0.0985 e. The van der Waals surface area contributed by atoms with Crippen LogP contribution in [0.2, 0.25) is 0 Å². The maximum Gasteiger partial charge on any atom is 0.0985 e. The van der Waals surface area contributed by atoms with Gasteiger partial charge in [-0.3, -0.25) is 4.68 Å². The predicted octanol–water partition coefficient (Wildman–Crippen LogP) is 3.43. The van der Waals surface area contributed by atoms with Crippen LogP contribution >= 0.6 is 0 Å². The number of aliphatic hydroxyl groups excluding tert-OH is 1. The van der Waals surface area contributed by atoms with Crippen molar-refractivity contribution in [2.45, 2.75) is 46.8 Å². The highest BCUT2D eigenvalue weighted by molar-refractivity contribution is 5.24. The van der Waals surface area contributed by atoms with Gasteiger partial charge in [0.15, 0.2) is 0 Å². The molecule has 108 valence electrons. The van der Waals surface area contributed by atoms with Crippen molar-refractivity contribution >= 4 is 0 Å². The summed E-state index contributed by atoms with van der Waals surface area (Å²) in [6, 6.07) is 10.3. The summed E-state index contributed by atoms with van der Waals surface area (Å²) in [6.07, 6.45) is 0.564. The van der Waals surface area contributed by atoms with Crippen LogP contribution in [-0.4, -0.2) is 14.9 Å². The first-order valence-electron chi connectivity index (χ1n) is 7.23. The fraction of sp³-hybridized carbons (Fsp3) is 0.471. The van der Waals surface area contributed by atoms with Crippen LogP contribution in [0.3, 0.4) is 0 Å². The van der Waals surface area contributed by atoms with Gasteiger partial charge < -0.3 is 5.11 Å². The molecule has 0 amide bonds. The van der Waals surface area contributed by atoms with Crippen molar-refractivity contribution in [1.82, 2.24) is 9.78 Å². The highest BCUT2D eigenvalue weighted by atomic mass is 16.3. The average molecular weight is 272 g/mol. The Morgan fingerprint density at radius 3 is 2.30 bits per heavy atom. The molecule has 20 heavy (non-hydrogen) atoms. The normalized spacial score (nSPS) is 12.9. The van der Waals surface area contributed by atoms with Crippen LogP contribution in [0.5, 0.6) is 0 Å². The second-order valence-corrected chi connectivity index (χ2v) is 5.96. The van der Waals surface area contributed by atoms with E-state index in [9.17, 15) is 5.11 Å². The maximum atomic E-state index is 10.3. The molecule has 2 rings (SSSR count). The van der Waals surface area contributed by atoms with Gasteiger partial charge in [0.1, 0.15) is 0 Å². The fourth-order valence-corrected chi connectivity index (χ4v) is 2.48. The van der Waals surface area contributed by atoms with Crippen LogP contribution < -0.4 is 0 Å². The second kappa shape index (κ2) is 6.23. The molecular formula is C17H24N2O. The van der Waals surface area contributed by atoms with Gasteiger partial charge in [-0.25, -0.2) is 0 Å². The summed E-state index contributed by atoms with van der Waals surface area (Å²) in [5, 5.41) is 14.7. The molecule has 2 aromatic rings. The highest BCUT2D eigenvalue weighted by Gasteiger charge is 2.11. The summed E-state index contributed by atoms with van der Waals surface area (Å²) >= 11 is 0. The maximum absolute atomic E-state index is 10.3. The molecule has 3 nitrogen and oxygen atoms in total. The third-order valence-corrected chi connectivity index (χ3v) is 3.46. The van der Waals surface area contributed by atoms with Crippen LogP contribution in [-0.2, 0) is 13.0 Å². The van der Waals surface area contributed by atoms with Gasteiger partial charge >= 0.3 is 0 Å². The molecule has 3 heteroatoms. The summed E-state index contributed by atoms with van der Waals surface area (Å²) in [7, 11) is 0. The SMILES string of the molecule is Cc1cc(C)n(CC(O)c2ccc(CC(C)C)cc2)n1. The molecule has 0 aliphatic heterocycles. The van der Waals surface area contributed by atoms with Crippen molar-refractivity contribution in [3.8, 4) is 0 Å². The highest BCUT2D eigenvalue weighted by Crippen LogP contribution is 2.18. The molecule has 0 bridgehead atoms. The van der Waals surface area contributed by atoms with E-state index in [0.29, 0.717) is 12.5 Å². The van der Waals surface area contributed by atoms with E-state index in [2.05, 4.69) is 31.1 Å². The molecule has 0 saturated heterocycles. The minimum Gasteiger partial charge on any atom is -0.386 e. The molecule has 1 N–H and O–H groups in total. The summed E-state index contributed by atoms with van der Waals surface area (Å²) in [5.74, 6) is 0.653. The third-order valence-electron chi connectivity index (χ3n) is 3.46. The first-order valence-corrected chi connectivity index (χ1v) is 7.23. The molecule has 0 saturated carbocycles. The Morgan fingerprint density at radius 1 is 1.15 bits per heavy atom. The number of hydrogen-bond donors (Lipinski definition) is 1. The number of rotatable bonds is 5. The van der Waals surface area contributed by atoms with E-state index in [4.69, 9.17) is 0 Å². The standard InChI is InChI=1S/C17H24N2O/c1-12(2)9-15-5-7-16(8-6-15)17(20)11-19-14(4)10-13(3)18-19/h5-8,10,12,17,20H,9,11H2,1-4H3. The summed E-state index contributed by atoms with van der Waals surface area (Å²) in [6.45, 7) is 8.91. The van der Waals surface area contributed by atoms with Gasteiger partial charge in [0.05, 0.1) is 18.3 Å². The van der Waals surface area contributed by atoms with Gasteiger partial charge in [-0.15, -0.1) is 0 Å². The predicted molar refractivity (Wildman–Crippen MR) is 81.6 cm³/mol. The van der Waals surface area contributed by atoms with E-state index < -0.39 is 6.10 Å². The zero-order valence-corrected chi connectivity index (χ0v) is 12.8. The molecule has 0 spiro atoms. The first kappa shape index (κ1) is 14.8. The van der Waals surface area contributed by atoms with Crippen LogP contribution in [0, 0.1) is 19.8 Å². The van der Waals surface area contributed by atoms with E-state index in [1.54, 1.807) is 0 Å². The molecule has 0 aliphatic carbocycles. The van der Waals surface area contributed by atoms with Gasteiger partial charge in [0.25, 0.3) is 0 Å².